The molecule has 0 heterocycles. The first-order chi connectivity index (χ1) is 12.7. The van der Waals surface area contributed by atoms with E-state index in [0.29, 0.717) is 11.7 Å². The second-order valence-electron chi connectivity index (χ2n) is 8.10. The fraction of sp³-hybridized carbons (Fsp3) is 0.480. The average Bonchev–Trinajstić information content (AvgIpc) is 2.69. The van der Waals surface area contributed by atoms with Crippen LogP contribution in [-0.4, -0.2) is 5.78 Å². The van der Waals surface area contributed by atoms with E-state index in [9.17, 15) is 4.79 Å². The lowest BCUT2D eigenvalue weighted by Gasteiger charge is -2.41. The smallest absolute Gasteiger partial charge is 0.140 e. The van der Waals surface area contributed by atoms with Gasteiger partial charge in [0.2, 0.25) is 0 Å². The Bertz CT molecular complexity index is 673. The van der Waals surface area contributed by atoms with Crippen LogP contribution in [0.5, 0.6) is 0 Å². The van der Waals surface area contributed by atoms with Gasteiger partial charge >= 0.3 is 0 Å². The van der Waals surface area contributed by atoms with Crippen LogP contribution in [0.4, 0.5) is 0 Å². The lowest BCUT2D eigenvalue weighted by Crippen LogP contribution is -2.38. The van der Waals surface area contributed by atoms with E-state index in [0.717, 1.165) is 18.8 Å². The maximum atomic E-state index is 12.7. The molecule has 1 heteroatoms. The molecular formula is C25H32O. The van der Waals surface area contributed by atoms with E-state index < -0.39 is 0 Å². The standard InChI is InChI=1S/C25H32O/c1-3-4-6-9-21-12-14-24(15-13-21)25(20(2)26)18-16-23(17-19-25)22-10-7-5-8-11-22/h3,5,7-8,10-11,16-18,21,24H,1,4,6,9,12-15,19H2,2H3/t21-,24-,25?. The molecule has 1 aromatic carbocycles. The molecular weight excluding hydrogens is 316 g/mol. The number of hydrogen-bond acceptors (Lipinski definition) is 1. The lowest BCUT2D eigenvalue weighted by atomic mass is 9.61. The number of benzene rings is 1. The Kier molecular flexibility index (Phi) is 6.29. The van der Waals surface area contributed by atoms with E-state index in [2.05, 4.69) is 49.1 Å². The van der Waals surface area contributed by atoms with E-state index in [1.54, 1.807) is 6.92 Å². The van der Waals surface area contributed by atoms with Crippen molar-refractivity contribution < 1.29 is 4.79 Å². The molecule has 1 saturated carbocycles. The Morgan fingerprint density at radius 1 is 1.19 bits per heavy atom. The second-order valence-corrected chi connectivity index (χ2v) is 8.10. The van der Waals surface area contributed by atoms with Crippen LogP contribution in [0.15, 0.2) is 61.2 Å². The summed E-state index contributed by atoms with van der Waals surface area (Å²) in [5, 5.41) is 0. The Morgan fingerprint density at radius 3 is 2.50 bits per heavy atom. The molecule has 2 aliphatic rings. The number of rotatable bonds is 7. The summed E-state index contributed by atoms with van der Waals surface area (Å²) in [6.45, 7) is 5.62. The third-order valence-corrected chi connectivity index (χ3v) is 6.58. The van der Waals surface area contributed by atoms with Gasteiger partial charge in [0.25, 0.3) is 0 Å². The minimum atomic E-state index is -0.273. The first-order valence-corrected chi connectivity index (χ1v) is 10.2. The van der Waals surface area contributed by atoms with Crippen LogP contribution in [0, 0.1) is 17.3 Å². The molecule has 0 radical (unpaired) electrons. The zero-order valence-electron chi connectivity index (χ0n) is 16.1. The van der Waals surface area contributed by atoms with E-state index >= 15 is 0 Å². The topological polar surface area (TPSA) is 17.1 Å². The minimum Gasteiger partial charge on any atom is -0.299 e. The summed E-state index contributed by atoms with van der Waals surface area (Å²) in [7, 11) is 0. The van der Waals surface area contributed by atoms with Gasteiger partial charge in [-0.2, -0.15) is 0 Å². The summed E-state index contributed by atoms with van der Waals surface area (Å²) in [5.74, 6) is 1.69. The summed E-state index contributed by atoms with van der Waals surface area (Å²) < 4.78 is 0. The van der Waals surface area contributed by atoms with Crippen molar-refractivity contribution in [1.82, 2.24) is 0 Å². The summed E-state index contributed by atoms with van der Waals surface area (Å²) in [6.07, 6.45) is 18.2. The van der Waals surface area contributed by atoms with Crippen molar-refractivity contribution in [3.05, 3.63) is 66.8 Å². The van der Waals surface area contributed by atoms with E-state index in [-0.39, 0.29) is 5.41 Å². The Morgan fingerprint density at radius 2 is 1.92 bits per heavy atom. The van der Waals surface area contributed by atoms with E-state index in [1.165, 1.54) is 49.7 Å². The van der Waals surface area contributed by atoms with Crippen molar-refractivity contribution in [2.24, 2.45) is 17.3 Å². The molecule has 1 atom stereocenters. The maximum Gasteiger partial charge on any atom is 0.140 e. The van der Waals surface area contributed by atoms with Crippen LogP contribution >= 0.6 is 0 Å². The van der Waals surface area contributed by atoms with E-state index in [4.69, 9.17) is 0 Å². The van der Waals surface area contributed by atoms with Gasteiger partial charge in [0.1, 0.15) is 5.78 Å². The largest absolute Gasteiger partial charge is 0.299 e. The molecule has 1 aromatic rings. The zero-order valence-corrected chi connectivity index (χ0v) is 16.1. The molecule has 1 unspecified atom stereocenters. The number of Topliss-reactive ketones (excluding diaryl/α,β-unsaturated/α-hetero) is 1. The first-order valence-electron chi connectivity index (χ1n) is 10.2. The number of unbranched alkanes of at least 4 members (excludes halogenated alkanes) is 1. The average molecular weight is 349 g/mol. The zero-order chi connectivity index (χ0) is 18.4. The molecule has 0 saturated heterocycles. The SMILES string of the molecule is C=CCCC[C@H]1CC[C@H](C2(C(C)=O)C=CC(c3ccccc3)=CC2)CC1. The molecule has 0 aliphatic heterocycles. The number of allylic oxidation sites excluding steroid dienone is 5. The Labute approximate surface area is 158 Å². The third kappa shape index (κ3) is 4.09. The number of carbonyl (C=O) groups excluding carboxylic acids is 1. The van der Waals surface area contributed by atoms with Gasteiger partial charge in [0.05, 0.1) is 5.41 Å². The van der Waals surface area contributed by atoms with Gasteiger partial charge in [-0.15, -0.1) is 6.58 Å². The predicted octanol–water partition coefficient (Wildman–Crippen LogP) is 6.77. The van der Waals surface area contributed by atoms with Crippen LogP contribution in [0.1, 0.15) is 63.9 Å². The summed E-state index contributed by atoms with van der Waals surface area (Å²) in [5.41, 5.74) is 2.22. The van der Waals surface area contributed by atoms with Crippen molar-refractivity contribution in [3.8, 4) is 0 Å². The summed E-state index contributed by atoms with van der Waals surface area (Å²) >= 11 is 0. The van der Waals surface area contributed by atoms with E-state index in [1.807, 2.05) is 12.1 Å². The molecule has 0 amide bonds. The third-order valence-electron chi connectivity index (χ3n) is 6.58. The van der Waals surface area contributed by atoms with Crippen LogP contribution in [0.2, 0.25) is 0 Å². The molecule has 2 aliphatic carbocycles. The molecule has 138 valence electrons. The van der Waals surface area contributed by atoms with Gasteiger partial charge in [0, 0.05) is 0 Å². The van der Waals surface area contributed by atoms with Gasteiger partial charge in [-0.1, -0.05) is 73.9 Å². The molecule has 0 bridgehead atoms. The highest BCUT2D eigenvalue weighted by molar-refractivity contribution is 5.88. The normalized spacial score (nSPS) is 28.4. The summed E-state index contributed by atoms with van der Waals surface area (Å²) in [4.78, 5) is 12.7. The van der Waals surface area contributed by atoms with Gasteiger partial charge in [-0.3, -0.25) is 4.79 Å². The van der Waals surface area contributed by atoms with Gasteiger partial charge < -0.3 is 0 Å². The Balaban J connectivity index is 1.66. The van der Waals surface area contributed by atoms with Gasteiger partial charge in [0.15, 0.2) is 0 Å². The fourth-order valence-electron chi connectivity index (χ4n) is 4.87. The monoisotopic (exact) mass is 348 g/mol. The van der Waals surface area contributed by atoms with Crippen molar-refractivity contribution in [3.63, 3.8) is 0 Å². The van der Waals surface area contributed by atoms with Crippen LogP contribution in [0.3, 0.4) is 0 Å². The summed E-state index contributed by atoms with van der Waals surface area (Å²) in [6, 6.07) is 10.5. The molecule has 26 heavy (non-hydrogen) atoms. The highest BCUT2D eigenvalue weighted by atomic mass is 16.1. The van der Waals surface area contributed by atoms with Crippen LogP contribution in [-0.2, 0) is 4.79 Å². The molecule has 0 spiro atoms. The maximum absolute atomic E-state index is 12.7. The quantitative estimate of drug-likeness (QED) is 0.392. The molecule has 3 rings (SSSR count). The number of hydrogen-bond donors (Lipinski definition) is 0. The first kappa shape index (κ1) is 18.9. The second kappa shape index (κ2) is 8.66. The van der Waals surface area contributed by atoms with Gasteiger partial charge in [-0.25, -0.2) is 0 Å². The number of ketones is 1. The molecule has 0 N–H and O–H groups in total. The molecule has 1 nitrogen and oxygen atoms in total. The van der Waals surface area contributed by atoms with Crippen molar-refractivity contribution in [2.75, 3.05) is 0 Å². The van der Waals surface area contributed by atoms with Crippen molar-refractivity contribution >= 4 is 11.4 Å². The Hall–Kier alpha value is -1.89. The molecule has 0 aromatic heterocycles. The predicted molar refractivity (Wildman–Crippen MR) is 111 cm³/mol. The van der Waals surface area contributed by atoms with Crippen molar-refractivity contribution in [1.29, 1.82) is 0 Å². The van der Waals surface area contributed by atoms with Crippen LogP contribution < -0.4 is 0 Å². The van der Waals surface area contributed by atoms with Crippen LogP contribution in [0.25, 0.3) is 5.57 Å². The highest BCUT2D eigenvalue weighted by Crippen LogP contribution is 2.48. The van der Waals surface area contributed by atoms with Gasteiger partial charge in [-0.05, 0) is 62.0 Å². The molecule has 1 fully saturated rings. The minimum absolute atomic E-state index is 0.273. The fourth-order valence-corrected chi connectivity index (χ4v) is 4.87. The highest BCUT2D eigenvalue weighted by Gasteiger charge is 2.42. The number of carbonyl (C=O) groups is 1. The van der Waals surface area contributed by atoms with Crippen molar-refractivity contribution in [2.45, 2.75) is 58.3 Å². The lowest BCUT2D eigenvalue weighted by molar-refractivity contribution is -0.127.